The lowest BCUT2D eigenvalue weighted by Crippen LogP contribution is -2.31. The predicted octanol–water partition coefficient (Wildman–Crippen LogP) is 2.35. The smallest absolute Gasteiger partial charge is 0.270 e. The third kappa shape index (κ3) is 2.24. The number of likely N-dealkylation sites (tertiary alicyclic amines) is 1. The lowest BCUT2D eigenvalue weighted by atomic mass is 10.0. The zero-order chi connectivity index (χ0) is 13.4. The molecule has 1 aromatic rings. The Kier molecular flexibility index (Phi) is 3.25. The second-order valence-electron chi connectivity index (χ2n) is 6.01. The molecule has 1 saturated carbocycles. The van der Waals surface area contributed by atoms with Crippen molar-refractivity contribution in [1.29, 1.82) is 0 Å². The number of aromatic nitrogens is 1. The lowest BCUT2D eigenvalue weighted by Gasteiger charge is -2.18. The molecule has 2 N–H and O–H groups in total. The summed E-state index contributed by atoms with van der Waals surface area (Å²) in [5, 5.41) is 0. The summed E-state index contributed by atoms with van der Waals surface area (Å²) in [6.07, 6.45) is 6.84. The molecule has 0 radical (unpaired) electrons. The molecular weight excluding hydrogens is 238 g/mol. The van der Waals surface area contributed by atoms with Crippen LogP contribution < -0.4 is 5.73 Å². The number of nitrogens with zero attached hydrogens (tertiary/aromatic N) is 2. The van der Waals surface area contributed by atoms with Gasteiger partial charge in [-0.3, -0.25) is 4.79 Å². The fourth-order valence-corrected chi connectivity index (χ4v) is 3.70. The van der Waals surface area contributed by atoms with E-state index >= 15 is 0 Å². The van der Waals surface area contributed by atoms with Gasteiger partial charge in [-0.05, 0) is 37.2 Å². The van der Waals surface area contributed by atoms with Gasteiger partial charge in [0, 0.05) is 25.8 Å². The summed E-state index contributed by atoms with van der Waals surface area (Å²) in [5.41, 5.74) is 7.30. The number of aryl methyl sites for hydroxylation is 1. The minimum absolute atomic E-state index is 0.166. The lowest BCUT2D eigenvalue weighted by molar-refractivity contribution is 0.0770. The Morgan fingerprint density at radius 2 is 2.05 bits per heavy atom. The number of hydrogen-bond acceptors (Lipinski definition) is 2. The monoisotopic (exact) mass is 261 g/mol. The summed E-state index contributed by atoms with van der Waals surface area (Å²) >= 11 is 0. The number of anilines is 1. The Morgan fingerprint density at radius 3 is 2.68 bits per heavy atom. The van der Waals surface area contributed by atoms with Crippen LogP contribution in [0.2, 0.25) is 0 Å². The van der Waals surface area contributed by atoms with Gasteiger partial charge in [0.2, 0.25) is 0 Å². The van der Waals surface area contributed by atoms with Crippen molar-refractivity contribution in [3.8, 4) is 0 Å². The Labute approximate surface area is 114 Å². The number of hydrogen-bond donors (Lipinski definition) is 1. The summed E-state index contributed by atoms with van der Waals surface area (Å²) in [6.45, 7) is 4.87. The van der Waals surface area contributed by atoms with Gasteiger partial charge >= 0.3 is 0 Å². The van der Waals surface area contributed by atoms with Crippen LogP contribution in [0.1, 0.15) is 43.1 Å². The van der Waals surface area contributed by atoms with Crippen molar-refractivity contribution >= 4 is 11.6 Å². The molecule has 1 aliphatic heterocycles. The van der Waals surface area contributed by atoms with Crippen molar-refractivity contribution in [1.82, 2.24) is 9.47 Å². The van der Waals surface area contributed by atoms with E-state index in [0.29, 0.717) is 5.69 Å². The topological polar surface area (TPSA) is 51.3 Å². The zero-order valence-corrected chi connectivity index (χ0v) is 11.6. The molecule has 0 bridgehead atoms. The summed E-state index contributed by atoms with van der Waals surface area (Å²) < 4.78 is 2.01. The number of fused-ring (bicyclic) bond motifs is 1. The Balaban J connectivity index is 1.77. The fraction of sp³-hybridized carbons (Fsp3) is 0.667. The molecule has 2 unspecified atom stereocenters. The van der Waals surface area contributed by atoms with Gasteiger partial charge in [-0.25, -0.2) is 0 Å². The average molecular weight is 261 g/mol. The van der Waals surface area contributed by atoms with Crippen LogP contribution in [-0.2, 0) is 6.54 Å². The van der Waals surface area contributed by atoms with Gasteiger partial charge in [0.05, 0.1) is 5.69 Å². The van der Waals surface area contributed by atoms with Gasteiger partial charge in [0.1, 0.15) is 5.69 Å². The van der Waals surface area contributed by atoms with Crippen LogP contribution in [0.3, 0.4) is 0 Å². The maximum atomic E-state index is 12.6. The molecule has 1 aromatic heterocycles. The first-order chi connectivity index (χ1) is 9.19. The van der Waals surface area contributed by atoms with Crippen LogP contribution in [0.25, 0.3) is 0 Å². The molecule has 1 aliphatic carbocycles. The van der Waals surface area contributed by atoms with Crippen LogP contribution in [0.15, 0.2) is 12.3 Å². The average Bonchev–Trinajstić information content (AvgIpc) is 3.02. The SMILES string of the molecule is CCCn1cc(N)cc1C(=O)N1CC2CCCC2C1. The van der Waals surface area contributed by atoms with E-state index in [4.69, 9.17) is 5.73 Å². The number of carbonyl (C=O) groups excluding carboxylic acids is 1. The van der Waals surface area contributed by atoms with Crippen LogP contribution in [0.5, 0.6) is 0 Å². The van der Waals surface area contributed by atoms with E-state index in [1.54, 1.807) is 0 Å². The van der Waals surface area contributed by atoms with E-state index in [1.165, 1.54) is 19.3 Å². The first-order valence-electron chi connectivity index (χ1n) is 7.44. The largest absolute Gasteiger partial charge is 0.397 e. The van der Waals surface area contributed by atoms with Gasteiger partial charge in [0.25, 0.3) is 5.91 Å². The molecule has 0 aromatic carbocycles. The van der Waals surface area contributed by atoms with E-state index < -0.39 is 0 Å². The van der Waals surface area contributed by atoms with E-state index in [2.05, 4.69) is 6.92 Å². The highest BCUT2D eigenvalue weighted by Gasteiger charge is 2.38. The molecule has 2 fully saturated rings. The summed E-state index contributed by atoms with van der Waals surface area (Å²) in [7, 11) is 0. The normalized spacial score (nSPS) is 25.8. The maximum absolute atomic E-state index is 12.6. The van der Waals surface area contributed by atoms with Crippen molar-refractivity contribution in [2.24, 2.45) is 11.8 Å². The molecule has 19 heavy (non-hydrogen) atoms. The number of nitrogens with two attached hydrogens (primary N) is 1. The number of nitrogen functional groups attached to an aromatic ring is 1. The zero-order valence-electron chi connectivity index (χ0n) is 11.6. The molecule has 2 atom stereocenters. The summed E-state index contributed by atoms with van der Waals surface area (Å²) in [5.74, 6) is 1.66. The standard InChI is InChI=1S/C15H23N3O/c1-2-6-17-10-13(16)7-14(17)15(19)18-8-11-4-3-5-12(11)9-18/h7,10-12H,2-6,8-9,16H2,1H3. The van der Waals surface area contributed by atoms with Crippen LogP contribution >= 0.6 is 0 Å². The fourth-order valence-electron chi connectivity index (χ4n) is 3.70. The van der Waals surface area contributed by atoms with Gasteiger partial charge in [0.15, 0.2) is 0 Å². The van der Waals surface area contributed by atoms with Crippen molar-refractivity contribution < 1.29 is 4.79 Å². The van der Waals surface area contributed by atoms with E-state index in [0.717, 1.165) is 43.6 Å². The molecule has 1 saturated heterocycles. The minimum atomic E-state index is 0.166. The van der Waals surface area contributed by atoms with E-state index in [9.17, 15) is 4.79 Å². The van der Waals surface area contributed by atoms with Crippen LogP contribution in [-0.4, -0.2) is 28.5 Å². The molecule has 3 rings (SSSR count). The van der Waals surface area contributed by atoms with Crippen molar-refractivity contribution in [2.45, 2.75) is 39.2 Å². The maximum Gasteiger partial charge on any atom is 0.270 e. The van der Waals surface area contributed by atoms with Crippen LogP contribution in [0.4, 0.5) is 5.69 Å². The Morgan fingerprint density at radius 1 is 1.37 bits per heavy atom. The molecular formula is C15H23N3O. The van der Waals surface area contributed by atoms with Crippen molar-refractivity contribution in [3.63, 3.8) is 0 Å². The molecule has 1 amide bonds. The van der Waals surface area contributed by atoms with Crippen molar-refractivity contribution in [3.05, 3.63) is 18.0 Å². The van der Waals surface area contributed by atoms with Gasteiger partial charge < -0.3 is 15.2 Å². The first-order valence-corrected chi connectivity index (χ1v) is 7.44. The molecule has 4 heteroatoms. The quantitative estimate of drug-likeness (QED) is 0.908. The highest BCUT2D eigenvalue weighted by Crippen LogP contribution is 2.38. The predicted molar refractivity (Wildman–Crippen MR) is 75.9 cm³/mol. The summed E-state index contributed by atoms with van der Waals surface area (Å²) in [4.78, 5) is 14.7. The molecule has 0 spiro atoms. The van der Waals surface area contributed by atoms with Gasteiger partial charge in [-0.2, -0.15) is 0 Å². The number of amides is 1. The number of carbonyl (C=O) groups is 1. The van der Waals surface area contributed by atoms with Crippen LogP contribution in [0, 0.1) is 11.8 Å². The molecule has 4 nitrogen and oxygen atoms in total. The number of rotatable bonds is 3. The van der Waals surface area contributed by atoms with Gasteiger partial charge in [-0.1, -0.05) is 13.3 Å². The Bertz CT molecular complexity index is 468. The second-order valence-corrected chi connectivity index (χ2v) is 6.01. The first kappa shape index (κ1) is 12.6. The Hall–Kier alpha value is -1.45. The third-order valence-corrected chi connectivity index (χ3v) is 4.61. The second kappa shape index (κ2) is 4.91. The molecule has 2 aliphatic rings. The minimum Gasteiger partial charge on any atom is -0.397 e. The highest BCUT2D eigenvalue weighted by atomic mass is 16.2. The molecule has 104 valence electrons. The van der Waals surface area contributed by atoms with Gasteiger partial charge in [-0.15, -0.1) is 0 Å². The summed E-state index contributed by atoms with van der Waals surface area (Å²) in [6, 6.07) is 1.83. The third-order valence-electron chi connectivity index (χ3n) is 4.61. The van der Waals surface area contributed by atoms with Crippen molar-refractivity contribution in [2.75, 3.05) is 18.8 Å². The van der Waals surface area contributed by atoms with E-state index in [1.807, 2.05) is 21.7 Å². The highest BCUT2D eigenvalue weighted by molar-refractivity contribution is 5.94. The molecule has 2 heterocycles. The van der Waals surface area contributed by atoms with E-state index in [-0.39, 0.29) is 5.91 Å².